The van der Waals surface area contributed by atoms with Crippen molar-refractivity contribution in [2.75, 3.05) is 5.32 Å². The lowest BCUT2D eigenvalue weighted by molar-refractivity contribution is 0.102. The molecule has 4 nitrogen and oxygen atoms in total. The maximum atomic E-state index is 11.4. The number of nitrogens with zero attached hydrogens (tertiary/aromatic N) is 1. The van der Waals surface area contributed by atoms with Crippen molar-refractivity contribution < 1.29 is 9.21 Å². The third-order valence-corrected chi connectivity index (χ3v) is 2.12. The zero-order valence-electron chi connectivity index (χ0n) is 6.56. The van der Waals surface area contributed by atoms with Gasteiger partial charge in [0.25, 0.3) is 5.91 Å². The smallest absolute Gasteiger partial charge is 0.260 e. The lowest BCUT2D eigenvalue weighted by atomic mass is 10.3. The second kappa shape index (κ2) is 3.40. The van der Waals surface area contributed by atoms with Crippen molar-refractivity contribution in [2.45, 2.75) is 0 Å². The van der Waals surface area contributed by atoms with Gasteiger partial charge in [-0.1, -0.05) is 0 Å². The molecule has 0 aromatic carbocycles. The number of amides is 1. The van der Waals surface area contributed by atoms with Crippen LogP contribution in [0.4, 0.5) is 5.13 Å². The molecule has 0 fully saturated rings. The van der Waals surface area contributed by atoms with E-state index in [0.29, 0.717) is 10.7 Å². The van der Waals surface area contributed by atoms with Crippen LogP contribution in [-0.4, -0.2) is 10.9 Å². The predicted molar refractivity (Wildman–Crippen MR) is 48.8 cm³/mol. The molecular weight excluding hydrogens is 188 g/mol. The zero-order chi connectivity index (χ0) is 9.10. The topological polar surface area (TPSA) is 55.1 Å². The average molecular weight is 194 g/mol. The van der Waals surface area contributed by atoms with Crippen LogP contribution in [0, 0.1) is 0 Å². The van der Waals surface area contributed by atoms with Crippen LogP contribution in [0.15, 0.2) is 34.6 Å². The van der Waals surface area contributed by atoms with E-state index in [1.54, 1.807) is 17.6 Å². The minimum atomic E-state index is -0.205. The Balaban J connectivity index is 2.08. The van der Waals surface area contributed by atoms with Crippen molar-refractivity contribution in [3.63, 3.8) is 0 Å². The first-order valence-electron chi connectivity index (χ1n) is 3.59. The van der Waals surface area contributed by atoms with Crippen LogP contribution in [0.25, 0.3) is 0 Å². The lowest BCUT2D eigenvalue weighted by Crippen LogP contribution is -2.10. The summed E-state index contributed by atoms with van der Waals surface area (Å²) in [6.45, 7) is 0. The molecule has 0 aliphatic rings. The first-order chi connectivity index (χ1) is 6.36. The number of rotatable bonds is 2. The molecule has 0 bridgehead atoms. The average Bonchev–Trinajstić information content (AvgIpc) is 2.74. The molecule has 0 spiro atoms. The number of carbonyl (C=O) groups excluding carboxylic acids is 1. The largest absolute Gasteiger partial charge is 0.472 e. The fourth-order valence-corrected chi connectivity index (χ4v) is 1.37. The molecule has 0 aliphatic heterocycles. The van der Waals surface area contributed by atoms with Crippen LogP contribution < -0.4 is 5.32 Å². The quantitative estimate of drug-likeness (QED) is 0.795. The van der Waals surface area contributed by atoms with Crippen LogP contribution in [0.5, 0.6) is 0 Å². The van der Waals surface area contributed by atoms with E-state index in [1.165, 1.54) is 23.9 Å². The van der Waals surface area contributed by atoms with Crippen molar-refractivity contribution in [3.05, 3.63) is 35.7 Å². The zero-order valence-corrected chi connectivity index (χ0v) is 7.38. The maximum absolute atomic E-state index is 11.4. The Labute approximate surface area is 78.2 Å². The Morgan fingerprint density at radius 1 is 1.62 bits per heavy atom. The standard InChI is InChI=1S/C8H6N2O2S/c11-7(6-1-3-12-5-6)10-8-9-2-4-13-8/h1-5H,(H,9,10,11). The van der Waals surface area contributed by atoms with E-state index in [2.05, 4.69) is 10.3 Å². The third-order valence-electron chi connectivity index (χ3n) is 1.44. The highest BCUT2D eigenvalue weighted by Gasteiger charge is 2.07. The number of carbonyl (C=O) groups is 1. The monoisotopic (exact) mass is 194 g/mol. The highest BCUT2D eigenvalue weighted by molar-refractivity contribution is 7.13. The molecule has 2 aromatic rings. The van der Waals surface area contributed by atoms with Gasteiger partial charge in [-0.15, -0.1) is 11.3 Å². The molecule has 0 saturated carbocycles. The van der Waals surface area contributed by atoms with E-state index in [0.717, 1.165) is 0 Å². The number of aromatic nitrogens is 1. The molecule has 0 unspecified atom stereocenters. The molecule has 2 heterocycles. The van der Waals surface area contributed by atoms with Crippen molar-refractivity contribution in [1.29, 1.82) is 0 Å². The van der Waals surface area contributed by atoms with E-state index in [9.17, 15) is 4.79 Å². The van der Waals surface area contributed by atoms with Crippen LogP contribution >= 0.6 is 11.3 Å². The molecule has 5 heteroatoms. The van der Waals surface area contributed by atoms with E-state index < -0.39 is 0 Å². The molecule has 1 N–H and O–H groups in total. The van der Waals surface area contributed by atoms with Gasteiger partial charge in [-0.25, -0.2) is 4.98 Å². The number of hydrogen-bond donors (Lipinski definition) is 1. The van der Waals surface area contributed by atoms with E-state index in [-0.39, 0.29) is 5.91 Å². The van der Waals surface area contributed by atoms with Gasteiger partial charge >= 0.3 is 0 Å². The molecule has 13 heavy (non-hydrogen) atoms. The van der Waals surface area contributed by atoms with Crippen LogP contribution in [-0.2, 0) is 0 Å². The molecule has 0 atom stereocenters. The summed E-state index contributed by atoms with van der Waals surface area (Å²) in [5.74, 6) is -0.205. The van der Waals surface area contributed by atoms with Crippen molar-refractivity contribution >= 4 is 22.4 Å². The Morgan fingerprint density at radius 3 is 3.15 bits per heavy atom. The number of nitrogens with one attached hydrogen (secondary N) is 1. The van der Waals surface area contributed by atoms with Gasteiger partial charge in [0.15, 0.2) is 5.13 Å². The molecule has 0 radical (unpaired) electrons. The summed E-state index contributed by atoms with van der Waals surface area (Å²) in [5.41, 5.74) is 0.496. The molecule has 0 saturated heterocycles. The van der Waals surface area contributed by atoms with E-state index in [4.69, 9.17) is 4.42 Å². The Bertz CT molecular complexity index is 380. The summed E-state index contributed by atoms with van der Waals surface area (Å²) in [7, 11) is 0. The molecular formula is C8H6N2O2S. The molecule has 1 amide bonds. The van der Waals surface area contributed by atoms with Crippen molar-refractivity contribution in [1.82, 2.24) is 4.98 Å². The summed E-state index contributed by atoms with van der Waals surface area (Å²) in [6, 6.07) is 1.60. The van der Waals surface area contributed by atoms with Crippen LogP contribution in [0.3, 0.4) is 0 Å². The Kier molecular flexibility index (Phi) is 2.09. The first kappa shape index (κ1) is 8.00. The molecule has 66 valence electrons. The van der Waals surface area contributed by atoms with Gasteiger partial charge < -0.3 is 4.42 Å². The van der Waals surface area contributed by atoms with Gasteiger partial charge in [0, 0.05) is 11.6 Å². The van der Waals surface area contributed by atoms with Gasteiger partial charge in [0.2, 0.25) is 0 Å². The summed E-state index contributed by atoms with van der Waals surface area (Å²) < 4.78 is 4.78. The second-order valence-corrected chi connectivity index (χ2v) is 3.20. The maximum Gasteiger partial charge on any atom is 0.260 e. The molecule has 2 aromatic heterocycles. The van der Waals surface area contributed by atoms with Gasteiger partial charge in [0.1, 0.15) is 6.26 Å². The Hall–Kier alpha value is -1.62. The SMILES string of the molecule is O=C(Nc1nccs1)c1ccoc1. The van der Waals surface area contributed by atoms with Crippen LogP contribution in [0.2, 0.25) is 0 Å². The fourth-order valence-electron chi connectivity index (χ4n) is 0.848. The summed E-state index contributed by atoms with van der Waals surface area (Å²) in [6.07, 6.45) is 4.48. The van der Waals surface area contributed by atoms with Gasteiger partial charge in [-0.2, -0.15) is 0 Å². The normalized spacial score (nSPS) is 9.85. The third kappa shape index (κ3) is 1.75. The number of furan rings is 1. The number of thiazole rings is 1. The first-order valence-corrected chi connectivity index (χ1v) is 4.47. The highest BCUT2D eigenvalue weighted by Crippen LogP contribution is 2.12. The summed E-state index contributed by atoms with van der Waals surface area (Å²) in [5, 5.41) is 5.02. The summed E-state index contributed by atoms with van der Waals surface area (Å²) in [4.78, 5) is 15.3. The van der Waals surface area contributed by atoms with Crippen molar-refractivity contribution in [3.8, 4) is 0 Å². The fraction of sp³-hybridized carbons (Fsp3) is 0. The van der Waals surface area contributed by atoms with E-state index in [1.807, 2.05) is 0 Å². The second-order valence-electron chi connectivity index (χ2n) is 2.30. The molecule has 0 aliphatic carbocycles. The summed E-state index contributed by atoms with van der Waals surface area (Å²) >= 11 is 1.37. The van der Waals surface area contributed by atoms with Gasteiger partial charge in [0.05, 0.1) is 11.8 Å². The van der Waals surface area contributed by atoms with Gasteiger partial charge in [-0.3, -0.25) is 10.1 Å². The lowest BCUT2D eigenvalue weighted by Gasteiger charge is -1.96. The minimum absolute atomic E-state index is 0.205. The van der Waals surface area contributed by atoms with Gasteiger partial charge in [-0.05, 0) is 6.07 Å². The van der Waals surface area contributed by atoms with Crippen molar-refractivity contribution in [2.24, 2.45) is 0 Å². The Morgan fingerprint density at radius 2 is 2.54 bits per heavy atom. The highest BCUT2D eigenvalue weighted by atomic mass is 32.1. The number of anilines is 1. The predicted octanol–water partition coefficient (Wildman–Crippen LogP) is 1.99. The van der Waals surface area contributed by atoms with E-state index >= 15 is 0 Å². The molecule has 2 rings (SSSR count). The van der Waals surface area contributed by atoms with Crippen LogP contribution in [0.1, 0.15) is 10.4 Å². The number of hydrogen-bond acceptors (Lipinski definition) is 4. The minimum Gasteiger partial charge on any atom is -0.472 e.